The lowest BCUT2D eigenvalue weighted by molar-refractivity contribution is 0.0433. The molecule has 0 radical (unpaired) electrons. The van der Waals surface area contributed by atoms with Crippen LogP contribution >= 0.6 is 0 Å². The molecule has 1 atom stereocenters. The normalized spacial score (nSPS) is 16.7. The van der Waals surface area contributed by atoms with Gasteiger partial charge in [-0.15, -0.1) is 0 Å². The second kappa shape index (κ2) is 2.44. The Balaban J connectivity index is 2.85. The van der Waals surface area contributed by atoms with Crippen LogP contribution in [0.5, 0.6) is 0 Å². The minimum absolute atomic E-state index is 0.167. The van der Waals surface area contributed by atoms with E-state index in [4.69, 9.17) is 10.2 Å². The largest absolute Gasteiger partial charge is 0.466 e. The van der Waals surface area contributed by atoms with Crippen LogP contribution in [-0.4, -0.2) is 11.7 Å². The van der Waals surface area contributed by atoms with Crippen molar-refractivity contribution in [1.29, 1.82) is 0 Å². The van der Waals surface area contributed by atoms with Gasteiger partial charge >= 0.3 is 0 Å². The molecule has 0 spiro atoms. The van der Waals surface area contributed by atoms with E-state index in [2.05, 4.69) is 0 Å². The van der Waals surface area contributed by atoms with E-state index in [1.807, 2.05) is 0 Å². The van der Waals surface area contributed by atoms with E-state index in [1.165, 1.54) is 6.26 Å². The average molecular weight is 141 g/mol. The Hall–Kier alpha value is -0.800. The van der Waals surface area contributed by atoms with Crippen molar-refractivity contribution in [3.63, 3.8) is 0 Å². The summed E-state index contributed by atoms with van der Waals surface area (Å²) in [6.45, 7) is 1.78. The molecule has 0 saturated carbocycles. The fraction of sp³-hybridized carbons (Fsp3) is 0.429. The van der Waals surface area contributed by atoms with Crippen molar-refractivity contribution in [3.05, 3.63) is 24.2 Å². The van der Waals surface area contributed by atoms with Crippen molar-refractivity contribution in [2.24, 2.45) is 5.73 Å². The first-order valence-electron chi connectivity index (χ1n) is 3.13. The van der Waals surface area contributed by atoms with Crippen molar-refractivity contribution >= 4 is 0 Å². The van der Waals surface area contributed by atoms with Gasteiger partial charge in [0.05, 0.1) is 6.26 Å². The van der Waals surface area contributed by atoms with Gasteiger partial charge in [0.25, 0.3) is 0 Å². The third kappa shape index (κ3) is 1.20. The first-order valence-corrected chi connectivity index (χ1v) is 3.13. The Morgan fingerprint density at radius 1 is 1.80 bits per heavy atom. The van der Waals surface area contributed by atoms with Crippen LogP contribution in [0.15, 0.2) is 22.8 Å². The molecule has 1 aromatic rings. The highest BCUT2D eigenvalue weighted by Gasteiger charge is 2.23. The molecule has 3 nitrogen and oxygen atoms in total. The second-order valence-electron chi connectivity index (χ2n) is 2.46. The molecule has 0 unspecified atom stereocenters. The lowest BCUT2D eigenvalue weighted by Crippen LogP contribution is -2.30. The predicted octanol–water partition coefficient (Wildman–Crippen LogP) is 0.446. The maximum absolute atomic E-state index is 9.46. The van der Waals surface area contributed by atoms with E-state index in [9.17, 15) is 5.11 Å². The van der Waals surface area contributed by atoms with Gasteiger partial charge in [0.15, 0.2) is 0 Å². The monoisotopic (exact) mass is 141 g/mol. The Morgan fingerprint density at radius 2 is 2.50 bits per heavy atom. The summed E-state index contributed by atoms with van der Waals surface area (Å²) in [5.41, 5.74) is 4.26. The molecule has 0 fully saturated rings. The average Bonchev–Trinajstić information content (AvgIpc) is 2.38. The van der Waals surface area contributed by atoms with E-state index in [0.717, 1.165) is 0 Å². The quantitative estimate of drug-likeness (QED) is 0.628. The van der Waals surface area contributed by atoms with Crippen LogP contribution in [-0.2, 0) is 5.60 Å². The molecule has 0 saturated heterocycles. The first kappa shape index (κ1) is 7.31. The summed E-state index contributed by atoms with van der Waals surface area (Å²) in [6, 6.07) is 3.42. The van der Waals surface area contributed by atoms with E-state index < -0.39 is 5.60 Å². The minimum atomic E-state index is -1.02. The van der Waals surface area contributed by atoms with Gasteiger partial charge in [-0.25, -0.2) is 0 Å². The van der Waals surface area contributed by atoms with Crippen LogP contribution < -0.4 is 5.73 Å². The molecular formula is C7H11NO2. The highest BCUT2D eigenvalue weighted by Crippen LogP contribution is 2.18. The molecule has 10 heavy (non-hydrogen) atoms. The van der Waals surface area contributed by atoms with Gasteiger partial charge in [0, 0.05) is 6.54 Å². The fourth-order valence-electron chi connectivity index (χ4n) is 0.686. The predicted molar refractivity (Wildman–Crippen MR) is 37.3 cm³/mol. The van der Waals surface area contributed by atoms with Gasteiger partial charge in [0.1, 0.15) is 11.4 Å². The molecule has 3 heteroatoms. The molecular weight excluding hydrogens is 130 g/mol. The number of aliphatic hydroxyl groups is 1. The van der Waals surface area contributed by atoms with E-state index in [1.54, 1.807) is 19.1 Å². The summed E-state index contributed by atoms with van der Waals surface area (Å²) in [7, 11) is 0. The van der Waals surface area contributed by atoms with Gasteiger partial charge in [-0.2, -0.15) is 0 Å². The van der Waals surface area contributed by atoms with Crippen LogP contribution in [0.3, 0.4) is 0 Å². The van der Waals surface area contributed by atoms with Crippen molar-refractivity contribution in [3.8, 4) is 0 Å². The van der Waals surface area contributed by atoms with E-state index >= 15 is 0 Å². The van der Waals surface area contributed by atoms with Gasteiger partial charge in [0.2, 0.25) is 0 Å². The molecule has 0 bridgehead atoms. The molecule has 1 rings (SSSR count). The van der Waals surface area contributed by atoms with Crippen LogP contribution in [0.4, 0.5) is 0 Å². The molecule has 56 valence electrons. The standard InChI is InChI=1S/C7H11NO2/c1-7(9,5-8)6-3-2-4-10-6/h2-4,9H,5,8H2,1H3/t7-/m1/s1. The van der Waals surface area contributed by atoms with Crippen LogP contribution in [0, 0.1) is 0 Å². The Morgan fingerprint density at radius 3 is 2.90 bits per heavy atom. The number of hydrogen-bond donors (Lipinski definition) is 2. The molecule has 1 heterocycles. The van der Waals surface area contributed by atoms with E-state index in [-0.39, 0.29) is 6.54 Å². The van der Waals surface area contributed by atoms with Crippen molar-refractivity contribution < 1.29 is 9.52 Å². The Labute approximate surface area is 59.5 Å². The summed E-state index contributed by atoms with van der Waals surface area (Å²) in [5.74, 6) is 0.509. The maximum atomic E-state index is 9.46. The Bertz CT molecular complexity index is 191. The maximum Gasteiger partial charge on any atom is 0.136 e. The van der Waals surface area contributed by atoms with Crippen LogP contribution in [0.2, 0.25) is 0 Å². The summed E-state index contributed by atoms with van der Waals surface area (Å²) < 4.78 is 4.96. The number of nitrogens with two attached hydrogens (primary N) is 1. The molecule has 0 aliphatic rings. The highest BCUT2D eigenvalue weighted by molar-refractivity contribution is 5.07. The summed E-state index contributed by atoms with van der Waals surface area (Å²) >= 11 is 0. The lowest BCUT2D eigenvalue weighted by Gasteiger charge is -2.17. The first-order chi connectivity index (χ1) is 4.67. The molecule has 3 N–H and O–H groups in total. The number of hydrogen-bond acceptors (Lipinski definition) is 3. The second-order valence-corrected chi connectivity index (χ2v) is 2.46. The molecule has 1 aromatic heterocycles. The summed E-state index contributed by atoms with van der Waals surface area (Å²) in [5, 5.41) is 9.46. The highest BCUT2D eigenvalue weighted by atomic mass is 16.4. The fourth-order valence-corrected chi connectivity index (χ4v) is 0.686. The SMILES string of the molecule is C[C@@](O)(CN)c1ccco1. The van der Waals surface area contributed by atoms with Crippen molar-refractivity contribution in [2.75, 3.05) is 6.54 Å². The third-order valence-electron chi connectivity index (χ3n) is 1.45. The molecule has 0 aromatic carbocycles. The van der Waals surface area contributed by atoms with Crippen LogP contribution in [0.25, 0.3) is 0 Å². The number of rotatable bonds is 2. The molecule has 0 aliphatic heterocycles. The van der Waals surface area contributed by atoms with Crippen LogP contribution in [0.1, 0.15) is 12.7 Å². The van der Waals surface area contributed by atoms with Gasteiger partial charge in [-0.1, -0.05) is 0 Å². The van der Waals surface area contributed by atoms with E-state index in [0.29, 0.717) is 5.76 Å². The molecule has 0 amide bonds. The lowest BCUT2D eigenvalue weighted by atomic mass is 10.1. The van der Waals surface area contributed by atoms with Crippen molar-refractivity contribution in [1.82, 2.24) is 0 Å². The zero-order valence-corrected chi connectivity index (χ0v) is 5.87. The smallest absolute Gasteiger partial charge is 0.136 e. The van der Waals surface area contributed by atoms with Gasteiger partial charge in [-0.05, 0) is 19.1 Å². The zero-order valence-electron chi connectivity index (χ0n) is 5.87. The topological polar surface area (TPSA) is 59.4 Å². The summed E-state index contributed by atoms with van der Waals surface area (Å²) in [6.07, 6.45) is 1.51. The minimum Gasteiger partial charge on any atom is -0.466 e. The third-order valence-corrected chi connectivity index (χ3v) is 1.45. The Kier molecular flexibility index (Phi) is 1.78. The number of furan rings is 1. The molecule has 0 aliphatic carbocycles. The van der Waals surface area contributed by atoms with Gasteiger partial charge < -0.3 is 15.3 Å². The zero-order chi connectivity index (χ0) is 7.61. The van der Waals surface area contributed by atoms with Gasteiger partial charge in [-0.3, -0.25) is 0 Å². The van der Waals surface area contributed by atoms with Crippen molar-refractivity contribution in [2.45, 2.75) is 12.5 Å². The summed E-state index contributed by atoms with van der Waals surface area (Å²) in [4.78, 5) is 0.